The highest BCUT2D eigenvalue weighted by atomic mass is 35.5. The van der Waals surface area contributed by atoms with Crippen LogP contribution in [0.4, 0.5) is 0 Å². The predicted molar refractivity (Wildman–Crippen MR) is 103 cm³/mol. The van der Waals surface area contributed by atoms with Crippen LogP contribution in [-0.2, 0) is 11.3 Å². The van der Waals surface area contributed by atoms with E-state index in [4.69, 9.17) is 11.6 Å². The van der Waals surface area contributed by atoms with Crippen LogP contribution in [0.15, 0.2) is 48.5 Å². The summed E-state index contributed by atoms with van der Waals surface area (Å²) in [7, 11) is 0. The second-order valence-corrected chi connectivity index (χ2v) is 7.34. The van der Waals surface area contributed by atoms with Crippen molar-refractivity contribution in [1.82, 2.24) is 15.1 Å². The van der Waals surface area contributed by atoms with Crippen molar-refractivity contribution in [3.8, 4) is 5.69 Å². The number of nitrogens with one attached hydrogen (secondary N) is 1. The summed E-state index contributed by atoms with van der Waals surface area (Å²) in [6, 6.07) is 13.7. The molecule has 0 saturated heterocycles. The Hall–Kier alpha value is -2.37. The van der Waals surface area contributed by atoms with Crippen molar-refractivity contribution in [3.63, 3.8) is 0 Å². The van der Waals surface area contributed by atoms with Gasteiger partial charge in [0.25, 0.3) is 0 Å². The molecule has 0 aliphatic carbocycles. The van der Waals surface area contributed by atoms with Crippen LogP contribution in [0.1, 0.15) is 21.8 Å². The molecule has 4 nitrogen and oxygen atoms in total. The molecule has 25 heavy (non-hydrogen) atoms. The maximum atomic E-state index is 12.0. The minimum atomic E-state index is -0.143. The summed E-state index contributed by atoms with van der Waals surface area (Å²) in [5.41, 5.74) is 3.98. The average molecular weight is 372 g/mol. The smallest absolute Gasteiger partial charge is 0.244 e. The number of hydrogen-bond acceptors (Lipinski definition) is 3. The van der Waals surface area contributed by atoms with Gasteiger partial charge in [0.2, 0.25) is 5.91 Å². The highest BCUT2D eigenvalue weighted by Gasteiger charge is 2.13. The Kier molecular flexibility index (Phi) is 5.36. The molecule has 1 N–H and O–H groups in total. The Morgan fingerprint density at radius 1 is 1.24 bits per heavy atom. The maximum Gasteiger partial charge on any atom is 0.244 e. The van der Waals surface area contributed by atoms with Gasteiger partial charge in [0.15, 0.2) is 0 Å². The van der Waals surface area contributed by atoms with Crippen LogP contribution in [0.2, 0.25) is 4.34 Å². The van der Waals surface area contributed by atoms with Gasteiger partial charge >= 0.3 is 0 Å². The number of carbonyl (C=O) groups is 1. The number of hydrogen-bond donors (Lipinski definition) is 1. The van der Waals surface area contributed by atoms with Gasteiger partial charge < -0.3 is 5.32 Å². The fourth-order valence-corrected chi connectivity index (χ4v) is 3.53. The third-order valence-corrected chi connectivity index (χ3v) is 5.07. The van der Waals surface area contributed by atoms with E-state index >= 15 is 0 Å². The number of thiophene rings is 1. The molecule has 2 heterocycles. The minimum Gasteiger partial charge on any atom is -0.348 e. The number of aromatic nitrogens is 2. The Morgan fingerprint density at radius 2 is 2.00 bits per heavy atom. The van der Waals surface area contributed by atoms with Gasteiger partial charge in [-0.05, 0) is 44.2 Å². The van der Waals surface area contributed by atoms with Crippen molar-refractivity contribution < 1.29 is 4.79 Å². The second kappa shape index (κ2) is 7.68. The monoisotopic (exact) mass is 371 g/mol. The molecule has 0 unspecified atom stereocenters. The molecule has 1 amide bonds. The molecule has 2 aromatic heterocycles. The van der Waals surface area contributed by atoms with Crippen molar-refractivity contribution in [2.45, 2.75) is 20.4 Å². The second-order valence-electron chi connectivity index (χ2n) is 5.59. The summed E-state index contributed by atoms with van der Waals surface area (Å²) < 4.78 is 2.61. The zero-order chi connectivity index (χ0) is 17.8. The van der Waals surface area contributed by atoms with Crippen molar-refractivity contribution in [2.24, 2.45) is 0 Å². The van der Waals surface area contributed by atoms with Crippen LogP contribution >= 0.6 is 22.9 Å². The fraction of sp³-hybridized carbons (Fsp3) is 0.158. The predicted octanol–water partition coefficient (Wildman–Crippen LogP) is 4.53. The molecule has 0 bridgehead atoms. The number of para-hydroxylation sites is 1. The normalized spacial score (nSPS) is 11.2. The summed E-state index contributed by atoms with van der Waals surface area (Å²) in [4.78, 5) is 13.0. The summed E-state index contributed by atoms with van der Waals surface area (Å²) >= 11 is 7.31. The first kappa shape index (κ1) is 17.5. The van der Waals surface area contributed by atoms with Gasteiger partial charge in [0.1, 0.15) is 0 Å². The number of nitrogens with zero attached hydrogens (tertiary/aromatic N) is 2. The fourth-order valence-electron chi connectivity index (χ4n) is 2.56. The quantitative estimate of drug-likeness (QED) is 0.669. The molecule has 0 aliphatic rings. The van der Waals surface area contributed by atoms with Gasteiger partial charge in [-0.25, -0.2) is 4.68 Å². The molecule has 0 radical (unpaired) electrons. The van der Waals surface area contributed by atoms with Crippen molar-refractivity contribution in [2.75, 3.05) is 0 Å². The minimum absolute atomic E-state index is 0.143. The standard InChI is InChI=1S/C19H18ClN3OS/c1-13-17(14(2)23(22-13)15-6-4-3-5-7-15)12-21-19(24)11-9-16-8-10-18(20)25-16/h3-11H,12H2,1-2H3,(H,21,24)/b11-9+. The van der Waals surface area contributed by atoms with Crippen molar-refractivity contribution in [3.05, 3.63) is 74.7 Å². The first-order valence-electron chi connectivity index (χ1n) is 7.86. The third-order valence-electron chi connectivity index (χ3n) is 3.87. The highest BCUT2D eigenvalue weighted by molar-refractivity contribution is 7.17. The largest absolute Gasteiger partial charge is 0.348 e. The lowest BCUT2D eigenvalue weighted by atomic mass is 10.2. The van der Waals surface area contributed by atoms with Crippen LogP contribution in [0.3, 0.4) is 0 Å². The van der Waals surface area contributed by atoms with Gasteiger partial charge in [-0.2, -0.15) is 5.10 Å². The van der Waals surface area contributed by atoms with Gasteiger partial charge in [-0.3, -0.25) is 4.79 Å². The van der Waals surface area contributed by atoms with Crippen LogP contribution < -0.4 is 5.32 Å². The highest BCUT2D eigenvalue weighted by Crippen LogP contribution is 2.22. The molecule has 0 aliphatic heterocycles. The van der Waals surface area contributed by atoms with E-state index < -0.39 is 0 Å². The molecule has 1 aromatic carbocycles. The number of rotatable bonds is 5. The lowest BCUT2D eigenvalue weighted by Gasteiger charge is -2.06. The van der Waals surface area contributed by atoms with Crippen molar-refractivity contribution >= 4 is 34.9 Å². The summed E-state index contributed by atoms with van der Waals surface area (Å²) in [5.74, 6) is -0.143. The topological polar surface area (TPSA) is 46.9 Å². The van der Waals surface area contributed by atoms with Crippen LogP contribution in [0.25, 0.3) is 11.8 Å². The summed E-state index contributed by atoms with van der Waals surface area (Å²) in [6.45, 7) is 4.41. The molecule has 128 valence electrons. The Bertz CT molecular complexity index is 912. The van der Waals surface area contributed by atoms with Gasteiger partial charge in [0.05, 0.1) is 15.7 Å². The Labute approximate surface area is 155 Å². The van der Waals surface area contributed by atoms with E-state index in [2.05, 4.69) is 10.4 Å². The van der Waals surface area contributed by atoms with E-state index in [1.165, 1.54) is 17.4 Å². The summed E-state index contributed by atoms with van der Waals surface area (Å²) in [6.07, 6.45) is 3.29. The zero-order valence-electron chi connectivity index (χ0n) is 14.0. The van der Waals surface area contributed by atoms with E-state index in [1.807, 2.05) is 61.0 Å². The van der Waals surface area contributed by atoms with E-state index in [1.54, 1.807) is 6.08 Å². The molecule has 0 atom stereocenters. The number of aryl methyl sites for hydroxylation is 1. The van der Waals surface area contributed by atoms with Gasteiger partial charge in [-0.15, -0.1) is 11.3 Å². The maximum absolute atomic E-state index is 12.0. The molecule has 6 heteroatoms. The number of amides is 1. The molecule has 3 aromatic rings. The van der Waals surface area contributed by atoms with Crippen molar-refractivity contribution in [1.29, 1.82) is 0 Å². The Morgan fingerprint density at radius 3 is 2.68 bits per heavy atom. The first-order valence-corrected chi connectivity index (χ1v) is 9.06. The first-order chi connectivity index (χ1) is 12.0. The number of halogens is 1. The molecule has 0 saturated carbocycles. The van der Waals surface area contributed by atoms with Gasteiger partial charge in [0, 0.05) is 28.8 Å². The zero-order valence-corrected chi connectivity index (χ0v) is 15.6. The van der Waals surface area contributed by atoms with Crippen LogP contribution in [0.5, 0.6) is 0 Å². The average Bonchev–Trinajstić information content (AvgIpc) is 3.15. The molecule has 0 fully saturated rings. The van der Waals surface area contributed by atoms with Crippen LogP contribution in [0, 0.1) is 13.8 Å². The van der Waals surface area contributed by atoms with Crippen LogP contribution in [-0.4, -0.2) is 15.7 Å². The van der Waals surface area contributed by atoms with E-state index in [9.17, 15) is 4.79 Å². The molecular weight excluding hydrogens is 354 g/mol. The summed E-state index contributed by atoms with van der Waals surface area (Å²) in [5, 5.41) is 7.50. The van der Waals surface area contributed by atoms with E-state index in [-0.39, 0.29) is 5.91 Å². The van der Waals surface area contributed by atoms with Gasteiger partial charge in [-0.1, -0.05) is 29.8 Å². The third kappa shape index (κ3) is 4.18. The lowest BCUT2D eigenvalue weighted by Crippen LogP contribution is -2.21. The van der Waals surface area contributed by atoms with E-state index in [0.717, 1.165) is 27.5 Å². The molecule has 3 rings (SSSR count). The number of benzene rings is 1. The molecular formula is C19H18ClN3OS. The lowest BCUT2D eigenvalue weighted by molar-refractivity contribution is -0.116. The number of carbonyl (C=O) groups excluding carboxylic acids is 1. The van der Waals surface area contributed by atoms with E-state index in [0.29, 0.717) is 10.9 Å². The Balaban J connectivity index is 1.68. The SMILES string of the molecule is Cc1nn(-c2ccccc2)c(C)c1CNC(=O)/C=C/c1ccc(Cl)s1. The molecule has 0 spiro atoms.